The average molecular weight is 384 g/mol. The molecule has 2 aromatic heterocycles. The van der Waals surface area contributed by atoms with Crippen molar-refractivity contribution in [3.63, 3.8) is 0 Å². The number of rotatable bonds is 15. The van der Waals surface area contributed by atoms with Crippen LogP contribution in [0.25, 0.3) is 11.4 Å². The first kappa shape index (κ1) is 22.3. The number of hydrogen-bond donors (Lipinski definition) is 0. The van der Waals surface area contributed by atoms with Crippen LogP contribution in [0.4, 0.5) is 0 Å². The molecule has 0 bridgehead atoms. The normalized spacial score (nSPS) is 10.9. The summed E-state index contributed by atoms with van der Waals surface area (Å²) < 4.78 is 5.80. The Kier molecular flexibility index (Phi) is 11.2. The van der Waals surface area contributed by atoms with Crippen molar-refractivity contribution in [1.29, 1.82) is 0 Å². The fourth-order valence-corrected chi connectivity index (χ4v) is 3.23. The van der Waals surface area contributed by atoms with Gasteiger partial charge in [0.1, 0.15) is 11.4 Å². The summed E-state index contributed by atoms with van der Waals surface area (Å²) >= 11 is 0. The van der Waals surface area contributed by atoms with Crippen LogP contribution in [0.2, 0.25) is 0 Å². The third-order valence-electron chi connectivity index (χ3n) is 5.02. The lowest BCUT2D eigenvalue weighted by molar-refractivity contribution is 0.303. The lowest BCUT2D eigenvalue weighted by Crippen LogP contribution is -1.99. The maximum atomic E-state index is 5.80. The van der Waals surface area contributed by atoms with Gasteiger partial charge >= 0.3 is 0 Å². The second kappa shape index (κ2) is 14.1. The molecule has 0 aliphatic rings. The van der Waals surface area contributed by atoms with Crippen LogP contribution in [-0.4, -0.2) is 21.8 Å². The Labute approximate surface area is 171 Å². The van der Waals surface area contributed by atoms with Gasteiger partial charge in [-0.2, -0.15) is 5.10 Å². The van der Waals surface area contributed by atoms with Crippen molar-refractivity contribution in [2.24, 2.45) is 0 Å². The lowest BCUT2D eigenvalue weighted by atomic mass is 10.1. The van der Waals surface area contributed by atoms with Crippen molar-refractivity contribution < 1.29 is 4.74 Å². The van der Waals surface area contributed by atoms with E-state index < -0.39 is 0 Å². The van der Waals surface area contributed by atoms with Crippen LogP contribution in [0.5, 0.6) is 5.75 Å². The second-order valence-electron chi connectivity index (χ2n) is 7.57. The number of aromatic nitrogens is 3. The molecule has 28 heavy (non-hydrogen) atoms. The van der Waals surface area contributed by atoms with E-state index in [0.29, 0.717) is 0 Å². The second-order valence-corrected chi connectivity index (χ2v) is 7.57. The van der Waals surface area contributed by atoms with Crippen molar-refractivity contribution in [1.82, 2.24) is 15.2 Å². The van der Waals surface area contributed by atoms with Gasteiger partial charge in [-0.3, -0.25) is 4.98 Å². The lowest BCUT2D eigenvalue weighted by Gasteiger charge is -2.07. The summed E-state index contributed by atoms with van der Waals surface area (Å²) in [6.07, 6.45) is 16.8. The highest BCUT2D eigenvalue weighted by molar-refractivity contribution is 5.53. The first-order valence-electron chi connectivity index (χ1n) is 11.2. The summed E-state index contributed by atoms with van der Waals surface area (Å²) in [5, 5.41) is 8.72. The zero-order valence-corrected chi connectivity index (χ0v) is 17.8. The minimum Gasteiger partial charge on any atom is -0.492 e. The predicted octanol–water partition coefficient (Wildman–Crippen LogP) is 6.79. The summed E-state index contributed by atoms with van der Waals surface area (Å²) in [6, 6.07) is 8.04. The monoisotopic (exact) mass is 383 g/mol. The Bertz CT molecular complexity index is 625. The van der Waals surface area contributed by atoms with Crippen LogP contribution in [0, 0.1) is 0 Å². The molecule has 0 atom stereocenters. The zero-order valence-electron chi connectivity index (χ0n) is 17.8. The first-order valence-corrected chi connectivity index (χ1v) is 11.2. The molecule has 0 fully saturated rings. The summed E-state index contributed by atoms with van der Waals surface area (Å²) in [6.45, 7) is 5.25. The van der Waals surface area contributed by atoms with Crippen molar-refractivity contribution in [2.75, 3.05) is 6.61 Å². The van der Waals surface area contributed by atoms with Crippen molar-refractivity contribution in [3.8, 4) is 17.1 Å². The Morgan fingerprint density at radius 2 is 1.36 bits per heavy atom. The molecule has 2 heterocycles. The minimum absolute atomic E-state index is 0.764. The fourth-order valence-electron chi connectivity index (χ4n) is 3.23. The van der Waals surface area contributed by atoms with Gasteiger partial charge in [0.05, 0.1) is 24.2 Å². The van der Waals surface area contributed by atoms with E-state index in [1.807, 2.05) is 18.2 Å². The number of nitrogens with zero attached hydrogens (tertiary/aromatic N) is 3. The van der Waals surface area contributed by atoms with Crippen molar-refractivity contribution in [2.45, 2.75) is 90.9 Å². The number of hydrogen-bond acceptors (Lipinski definition) is 4. The minimum atomic E-state index is 0.764. The number of aryl methyl sites for hydroxylation is 1. The highest BCUT2D eigenvalue weighted by atomic mass is 16.5. The van der Waals surface area contributed by atoms with Crippen LogP contribution in [-0.2, 0) is 6.42 Å². The van der Waals surface area contributed by atoms with Crippen LogP contribution < -0.4 is 4.74 Å². The van der Waals surface area contributed by atoms with E-state index in [9.17, 15) is 0 Å². The van der Waals surface area contributed by atoms with Crippen LogP contribution >= 0.6 is 0 Å². The molecule has 0 aromatic carbocycles. The molecule has 0 amide bonds. The molecule has 2 aromatic rings. The maximum absolute atomic E-state index is 5.80. The van der Waals surface area contributed by atoms with E-state index in [0.717, 1.165) is 42.3 Å². The zero-order chi connectivity index (χ0) is 19.9. The highest BCUT2D eigenvalue weighted by Crippen LogP contribution is 2.18. The van der Waals surface area contributed by atoms with E-state index in [1.54, 1.807) is 6.20 Å². The van der Waals surface area contributed by atoms with Gasteiger partial charge in [-0.1, -0.05) is 71.6 Å². The van der Waals surface area contributed by atoms with E-state index >= 15 is 0 Å². The van der Waals surface area contributed by atoms with Gasteiger partial charge in [-0.15, -0.1) is 5.10 Å². The molecule has 0 aliphatic carbocycles. The fraction of sp³-hybridized carbons (Fsp3) is 0.625. The molecule has 0 radical (unpaired) electrons. The smallest absolute Gasteiger partial charge is 0.137 e. The Morgan fingerprint density at radius 1 is 0.679 bits per heavy atom. The number of ether oxygens (including phenoxy) is 1. The van der Waals surface area contributed by atoms with E-state index in [4.69, 9.17) is 4.74 Å². The third-order valence-corrected chi connectivity index (χ3v) is 5.02. The summed E-state index contributed by atoms with van der Waals surface area (Å²) in [5.74, 6) is 0.828. The molecule has 0 unspecified atom stereocenters. The van der Waals surface area contributed by atoms with Crippen LogP contribution in [0.1, 0.15) is 90.2 Å². The molecule has 4 heteroatoms. The van der Waals surface area contributed by atoms with E-state index in [-0.39, 0.29) is 0 Å². The average Bonchev–Trinajstić information content (AvgIpc) is 2.74. The first-order chi connectivity index (χ1) is 13.8. The van der Waals surface area contributed by atoms with Gasteiger partial charge in [0, 0.05) is 0 Å². The van der Waals surface area contributed by atoms with Gasteiger partial charge in [0.15, 0.2) is 0 Å². The largest absolute Gasteiger partial charge is 0.492 e. The van der Waals surface area contributed by atoms with Gasteiger partial charge in [0.2, 0.25) is 0 Å². The molecule has 2 rings (SSSR count). The van der Waals surface area contributed by atoms with Crippen molar-refractivity contribution >= 4 is 0 Å². The topological polar surface area (TPSA) is 47.9 Å². The van der Waals surface area contributed by atoms with E-state index in [2.05, 4.69) is 35.1 Å². The molecule has 0 N–H and O–H groups in total. The molecule has 0 aliphatic heterocycles. The van der Waals surface area contributed by atoms with E-state index in [1.165, 1.54) is 64.2 Å². The number of unbranched alkanes of at least 4 members (excludes halogenated alkanes) is 9. The van der Waals surface area contributed by atoms with Crippen molar-refractivity contribution in [3.05, 3.63) is 36.2 Å². The van der Waals surface area contributed by atoms with Gasteiger partial charge in [-0.05, 0) is 43.5 Å². The standard InChI is InChI=1S/C24H37N3O/c1-3-5-7-9-11-13-19-28-22-16-18-23(25-20-22)24-17-15-21(26-27-24)14-12-10-8-6-4-2/h15-18,20H,3-14,19H2,1-2H3. The summed E-state index contributed by atoms with van der Waals surface area (Å²) in [4.78, 5) is 4.49. The molecule has 154 valence electrons. The summed E-state index contributed by atoms with van der Waals surface area (Å²) in [7, 11) is 0. The Balaban J connectivity index is 1.70. The van der Waals surface area contributed by atoms with Crippen LogP contribution in [0.15, 0.2) is 30.5 Å². The summed E-state index contributed by atoms with van der Waals surface area (Å²) in [5.41, 5.74) is 2.73. The SMILES string of the molecule is CCCCCCCCOc1ccc(-c2ccc(CCCCCCC)nn2)nc1. The van der Waals surface area contributed by atoms with Gasteiger partial charge in [-0.25, -0.2) is 0 Å². The molecule has 0 spiro atoms. The molecule has 0 saturated carbocycles. The maximum Gasteiger partial charge on any atom is 0.137 e. The molecular weight excluding hydrogens is 346 g/mol. The Morgan fingerprint density at radius 3 is 2.00 bits per heavy atom. The predicted molar refractivity (Wildman–Crippen MR) is 117 cm³/mol. The molecule has 0 saturated heterocycles. The van der Waals surface area contributed by atoms with Crippen LogP contribution in [0.3, 0.4) is 0 Å². The third kappa shape index (κ3) is 8.81. The Hall–Kier alpha value is -1.97. The molecular formula is C24H37N3O. The van der Waals surface area contributed by atoms with Gasteiger partial charge < -0.3 is 4.74 Å². The van der Waals surface area contributed by atoms with Gasteiger partial charge in [0.25, 0.3) is 0 Å². The molecule has 4 nitrogen and oxygen atoms in total. The quantitative estimate of drug-likeness (QED) is 0.318. The number of pyridine rings is 1. The highest BCUT2D eigenvalue weighted by Gasteiger charge is 2.04.